The number of nitrogens with one attached hydrogen (secondary N) is 1. The van der Waals surface area contributed by atoms with E-state index in [1.165, 1.54) is 39.9 Å². The maximum atomic E-state index is 12.9. The monoisotopic (exact) mass is 446 g/mol. The molecule has 0 radical (unpaired) electrons. The highest BCUT2D eigenvalue weighted by molar-refractivity contribution is 8.01. The first-order chi connectivity index (χ1) is 12.8. The van der Waals surface area contributed by atoms with Crippen molar-refractivity contribution >= 4 is 55.8 Å². The van der Waals surface area contributed by atoms with Gasteiger partial charge in [0.15, 0.2) is 4.34 Å². The average molecular weight is 447 g/mol. The van der Waals surface area contributed by atoms with Gasteiger partial charge in [0.05, 0.1) is 4.90 Å². The third kappa shape index (κ3) is 4.80. The highest BCUT2D eigenvalue weighted by Crippen LogP contribution is 2.30. The minimum absolute atomic E-state index is 0.123. The van der Waals surface area contributed by atoms with E-state index in [9.17, 15) is 13.2 Å². The van der Waals surface area contributed by atoms with Crippen molar-refractivity contribution in [2.24, 2.45) is 0 Å². The number of aromatic nitrogens is 2. The molecule has 1 aromatic heterocycles. The minimum Gasteiger partial charge on any atom is -0.299 e. The molecule has 1 fully saturated rings. The van der Waals surface area contributed by atoms with Gasteiger partial charge in [0.1, 0.15) is 6.04 Å². The van der Waals surface area contributed by atoms with Gasteiger partial charge in [0.25, 0.3) is 0 Å². The Morgan fingerprint density at radius 3 is 2.70 bits per heavy atom. The van der Waals surface area contributed by atoms with Crippen LogP contribution in [0.5, 0.6) is 0 Å². The van der Waals surface area contributed by atoms with Crippen LogP contribution in [0, 0.1) is 0 Å². The maximum Gasteiger partial charge on any atom is 0.244 e. The van der Waals surface area contributed by atoms with Crippen LogP contribution in [0.4, 0.5) is 5.13 Å². The molecular weight excluding hydrogens is 428 g/mol. The van der Waals surface area contributed by atoms with Gasteiger partial charge in [-0.1, -0.05) is 48.5 Å². The number of hydrogen-bond acceptors (Lipinski definition) is 7. The molecule has 11 heteroatoms. The number of halogens is 1. The molecule has 7 nitrogen and oxygen atoms in total. The van der Waals surface area contributed by atoms with E-state index >= 15 is 0 Å². The molecule has 1 aliphatic heterocycles. The molecule has 1 N–H and O–H groups in total. The van der Waals surface area contributed by atoms with Gasteiger partial charge in [-0.25, -0.2) is 8.42 Å². The fourth-order valence-corrected chi connectivity index (χ4v) is 6.49. The molecule has 146 valence electrons. The Morgan fingerprint density at radius 2 is 2.04 bits per heavy atom. The number of carbonyl (C=O) groups is 1. The number of amides is 1. The lowest BCUT2D eigenvalue weighted by Gasteiger charge is -2.23. The van der Waals surface area contributed by atoms with Crippen molar-refractivity contribution in [3.05, 3.63) is 29.3 Å². The summed E-state index contributed by atoms with van der Waals surface area (Å²) in [5.74, 6) is -0.387. The Hall–Kier alpha value is -1.20. The van der Waals surface area contributed by atoms with Crippen molar-refractivity contribution in [3.8, 4) is 0 Å². The largest absolute Gasteiger partial charge is 0.299 e. The number of carbonyl (C=O) groups excluding carboxylic acids is 1. The standard InChI is InChI=1S/C16H19ClN4O3S3/c1-10(2)25-16-20-19-15(26-16)18-14(22)13-4-3-9-21(13)27(23,24)12-7-5-11(17)6-8-12/h5-8,10,13H,3-4,9H2,1-2H3,(H,18,19,22)/t13-/m0/s1. The van der Waals surface area contributed by atoms with Gasteiger partial charge in [-0.3, -0.25) is 10.1 Å². The quantitative estimate of drug-likeness (QED) is 0.539. The van der Waals surface area contributed by atoms with Crippen molar-refractivity contribution in [2.75, 3.05) is 11.9 Å². The predicted octanol–water partition coefficient (Wildman–Crippen LogP) is 3.48. The van der Waals surface area contributed by atoms with Crippen molar-refractivity contribution in [1.29, 1.82) is 0 Å². The molecule has 0 unspecified atom stereocenters. The third-order valence-electron chi connectivity index (χ3n) is 3.90. The molecule has 0 aliphatic carbocycles. The van der Waals surface area contributed by atoms with Gasteiger partial charge in [0.2, 0.25) is 21.1 Å². The number of rotatable bonds is 6. The first-order valence-electron chi connectivity index (χ1n) is 8.36. The van der Waals surface area contributed by atoms with Gasteiger partial charge in [-0.15, -0.1) is 10.2 Å². The fourth-order valence-electron chi connectivity index (χ4n) is 2.73. The molecule has 0 spiro atoms. The Morgan fingerprint density at radius 1 is 1.33 bits per heavy atom. The Bertz CT molecular complexity index is 915. The zero-order valence-corrected chi connectivity index (χ0v) is 18.0. The summed E-state index contributed by atoms with van der Waals surface area (Å²) < 4.78 is 27.8. The lowest BCUT2D eigenvalue weighted by molar-refractivity contribution is -0.119. The van der Waals surface area contributed by atoms with E-state index in [0.717, 1.165) is 4.34 Å². The average Bonchev–Trinajstić information content (AvgIpc) is 3.24. The SMILES string of the molecule is CC(C)Sc1nnc(NC(=O)[C@@H]2CCCN2S(=O)(=O)c2ccc(Cl)cc2)s1. The summed E-state index contributed by atoms with van der Waals surface area (Å²) >= 11 is 8.68. The van der Waals surface area contributed by atoms with Crippen LogP contribution in [-0.2, 0) is 14.8 Å². The number of anilines is 1. The summed E-state index contributed by atoms with van der Waals surface area (Å²) in [6.45, 7) is 4.39. The molecule has 1 aromatic carbocycles. The van der Waals surface area contributed by atoms with Gasteiger partial charge in [-0.2, -0.15) is 4.31 Å². The summed E-state index contributed by atoms with van der Waals surface area (Å²) in [7, 11) is -3.78. The van der Waals surface area contributed by atoms with Crippen LogP contribution in [0.2, 0.25) is 5.02 Å². The van der Waals surface area contributed by atoms with E-state index in [0.29, 0.717) is 34.8 Å². The van der Waals surface area contributed by atoms with E-state index in [-0.39, 0.29) is 10.8 Å². The molecule has 1 saturated heterocycles. The van der Waals surface area contributed by atoms with E-state index < -0.39 is 16.1 Å². The maximum absolute atomic E-state index is 12.9. The van der Waals surface area contributed by atoms with Crippen LogP contribution >= 0.6 is 34.7 Å². The molecule has 1 aliphatic rings. The lowest BCUT2D eigenvalue weighted by Crippen LogP contribution is -2.43. The highest BCUT2D eigenvalue weighted by atomic mass is 35.5. The Kier molecular flexibility index (Phi) is 6.42. The van der Waals surface area contributed by atoms with Crippen molar-refractivity contribution in [3.63, 3.8) is 0 Å². The van der Waals surface area contributed by atoms with Crippen LogP contribution < -0.4 is 5.32 Å². The topological polar surface area (TPSA) is 92.3 Å². The second-order valence-corrected chi connectivity index (χ2v) is 11.4. The molecular formula is C16H19ClN4O3S3. The molecule has 2 aromatic rings. The van der Waals surface area contributed by atoms with Gasteiger partial charge >= 0.3 is 0 Å². The Labute approximate surface area is 171 Å². The first kappa shape index (κ1) is 20.5. The second kappa shape index (κ2) is 8.44. The fraction of sp³-hybridized carbons (Fsp3) is 0.438. The number of thioether (sulfide) groups is 1. The van der Waals surface area contributed by atoms with E-state index in [1.54, 1.807) is 11.8 Å². The van der Waals surface area contributed by atoms with E-state index in [4.69, 9.17) is 11.6 Å². The number of benzene rings is 1. The van der Waals surface area contributed by atoms with Gasteiger partial charge in [-0.05, 0) is 37.1 Å². The number of hydrogen-bond donors (Lipinski definition) is 1. The summed E-state index contributed by atoms with van der Waals surface area (Å²) in [6.07, 6.45) is 1.08. The normalized spacial score (nSPS) is 18.1. The lowest BCUT2D eigenvalue weighted by atomic mass is 10.2. The molecule has 2 heterocycles. The van der Waals surface area contributed by atoms with E-state index in [1.807, 2.05) is 13.8 Å². The second-order valence-electron chi connectivity index (χ2n) is 6.26. The van der Waals surface area contributed by atoms with Crippen LogP contribution in [0.25, 0.3) is 0 Å². The molecule has 27 heavy (non-hydrogen) atoms. The van der Waals surface area contributed by atoms with Crippen molar-refractivity contribution < 1.29 is 13.2 Å². The Balaban J connectivity index is 1.74. The van der Waals surface area contributed by atoms with Crippen LogP contribution in [0.3, 0.4) is 0 Å². The molecule has 1 atom stereocenters. The molecule has 0 saturated carbocycles. The van der Waals surface area contributed by atoms with Gasteiger partial charge in [0, 0.05) is 16.8 Å². The van der Waals surface area contributed by atoms with Gasteiger partial charge < -0.3 is 0 Å². The summed E-state index contributed by atoms with van der Waals surface area (Å²) in [4.78, 5) is 12.8. The smallest absolute Gasteiger partial charge is 0.244 e. The van der Waals surface area contributed by atoms with Crippen molar-refractivity contribution in [1.82, 2.24) is 14.5 Å². The summed E-state index contributed by atoms with van der Waals surface area (Å²) in [6, 6.07) is 5.18. The first-order valence-corrected chi connectivity index (χ1v) is 11.9. The summed E-state index contributed by atoms with van der Waals surface area (Å²) in [5.41, 5.74) is 0. The van der Waals surface area contributed by atoms with E-state index in [2.05, 4.69) is 15.5 Å². The highest BCUT2D eigenvalue weighted by Gasteiger charge is 2.39. The van der Waals surface area contributed by atoms with Crippen LogP contribution in [-0.4, -0.2) is 46.7 Å². The van der Waals surface area contributed by atoms with Crippen LogP contribution in [0.1, 0.15) is 26.7 Å². The van der Waals surface area contributed by atoms with Crippen molar-refractivity contribution in [2.45, 2.75) is 47.2 Å². The third-order valence-corrected chi connectivity index (χ3v) is 8.00. The zero-order valence-electron chi connectivity index (χ0n) is 14.8. The molecule has 3 rings (SSSR count). The predicted molar refractivity (Wildman–Crippen MR) is 108 cm³/mol. The molecule has 1 amide bonds. The minimum atomic E-state index is -3.78. The number of sulfonamides is 1. The summed E-state index contributed by atoms with van der Waals surface area (Å²) in [5, 5.41) is 11.9. The molecule has 0 bridgehead atoms. The van der Waals surface area contributed by atoms with Crippen LogP contribution in [0.15, 0.2) is 33.5 Å². The number of nitrogens with zero attached hydrogens (tertiary/aromatic N) is 3. The zero-order chi connectivity index (χ0) is 19.6.